The van der Waals surface area contributed by atoms with Crippen LogP contribution in [0.15, 0.2) is 30.3 Å². The first-order valence-electron chi connectivity index (χ1n) is 9.51. The zero-order valence-electron chi connectivity index (χ0n) is 15.5. The van der Waals surface area contributed by atoms with Gasteiger partial charge in [-0.1, -0.05) is 18.2 Å². The van der Waals surface area contributed by atoms with E-state index in [0.717, 1.165) is 38.8 Å². The Bertz CT molecular complexity index is 637. The second kappa shape index (κ2) is 9.17. The van der Waals surface area contributed by atoms with Gasteiger partial charge in [0.15, 0.2) is 0 Å². The highest BCUT2D eigenvalue weighted by molar-refractivity contribution is 7.89. The topological polar surface area (TPSA) is 59.1 Å². The van der Waals surface area contributed by atoms with Gasteiger partial charge in [-0.3, -0.25) is 0 Å². The molecule has 2 fully saturated rings. The zero-order valence-corrected chi connectivity index (χ0v) is 16.4. The van der Waals surface area contributed by atoms with Gasteiger partial charge in [0.25, 0.3) is 0 Å². The second-order valence-electron chi connectivity index (χ2n) is 7.08. The van der Waals surface area contributed by atoms with Crippen LogP contribution in [0, 0.1) is 0 Å². The number of hydrogen-bond acceptors (Lipinski definition) is 5. The monoisotopic (exact) mass is 382 g/mol. The van der Waals surface area contributed by atoms with E-state index in [4.69, 9.17) is 9.47 Å². The molecular formula is C19H30N2O4S. The summed E-state index contributed by atoms with van der Waals surface area (Å²) >= 11 is 0. The van der Waals surface area contributed by atoms with Crippen molar-refractivity contribution in [3.8, 4) is 5.75 Å². The Morgan fingerprint density at radius 3 is 2.27 bits per heavy atom. The van der Waals surface area contributed by atoms with Gasteiger partial charge >= 0.3 is 0 Å². The number of likely N-dealkylation sites (tertiary alicyclic amines) is 1. The van der Waals surface area contributed by atoms with Crippen molar-refractivity contribution < 1.29 is 17.9 Å². The van der Waals surface area contributed by atoms with E-state index in [-0.39, 0.29) is 12.4 Å². The number of nitrogens with zero attached hydrogens (tertiary/aromatic N) is 2. The van der Waals surface area contributed by atoms with Crippen LogP contribution in [0.4, 0.5) is 0 Å². The normalized spacial score (nSPS) is 21.7. The molecule has 0 bridgehead atoms. The Morgan fingerprint density at radius 2 is 1.65 bits per heavy atom. The molecule has 0 saturated carbocycles. The van der Waals surface area contributed by atoms with Crippen LogP contribution in [0.3, 0.4) is 0 Å². The summed E-state index contributed by atoms with van der Waals surface area (Å²) < 4.78 is 37.7. The molecule has 2 saturated heterocycles. The minimum atomic E-state index is -3.25. The first kappa shape index (κ1) is 19.6. The van der Waals surface area contributed by atoms with Crippen molar-refractivity contribution in [3.63, 3.8) is 0 Å². The summed E-state index contributed by atoms with van der Waals surface area (Å²) in [4.78, 5) is 2.51. The van der Waals surface area contributed by atoms with Crippen LogP contribution in [0.5, 0.6) is 5.75 Å². The van der Waals surface area contributed by atoms with Crippen LogP contribution in [0.1, 0.15) is 25.7 Å². The van der Waals surface area contributed by atoms with Crippen molar-refractivity contribution in [2.75, 3.05) is 45.6 Å². The van der Waals surface area contributed by atoms with Gasteiger partial charge in [0, 0.05) is 39.3 Å². The summed E-state index contributed by atoms with van der Waals surface area (Å²) in [6.45, 7) is 3.53. The average molecular weight is 383 g/mol. The number of piperidine rings is 2. The second-order valence-corrected chi connectivity index (χ2v) is 9.17. The Balaban J connectivity index is 1.42. The van der Waals surface area contributed by atoms with E-state index in [1.807, 2.05) is 30.3 Å². The highest BCUT2D eigenvalue weighted by Crippen LogP contribution is 2.23. The Morgan fingerprint density at radius 1 is 1.00 bits per heavy atom. The van der Waals surface area contributed by atoms with Crippen molar-refractivity contribution in [1.29, 1.82) is 0 Å². The van der Waals surface area contributed by atoms with E-state index in [0.29, 0.717) is 31.0 Å². The van der Waals surface area contributed by atoms with E-state index < -0.39 is 10.0 Å². The fourth-order valence-electron chi connectivity index (χ4n) is 3.87. The predicted molar refractivity (Wildman–Crippen MR) is 102 cm³/mol. The highest BCUT2D eigenvalue weighted by Gasteiger charge is 2.32. The SMILES string of the molecule is COC1CCN(C2CCN(S(=O)(=O)CCOc3ccccc3)CC2)CC1. The van der Waals surface area contributed by atoms with Crippen LogP contribution in [-0.2, 0) is 14.8 Å². The van der Waals surface area contributed by atoms with Crippen molar-refractivity contribution in [1.82, 2.24) is 9.21 Å². The maximum absolute atomic E-state index is 12.6. The molecule has 0 unspecified atom stereocenters. The molecule has 3 rings (SSSR count). The Labute approximate surface area is 157 Å². The molecule has 6 nitrogen and oxygen atoms in total. The molecular weight excluding hydrogens is 352 g/mol. The summed E-state index contributed by atoms with van der Waals surface area (Å²) in [6, 6.07) is 9.84. The molecule has 0 radical (unpaired) electrons. The standard InChI is InChI=1S/C19H30N2O4S/c1-24-18-9-11-20(12-10-18)17-7-13-21(14-8-17)26(22,23)16-15-25-19-5-3-2-4-6-19/h2-6,17-18H,7-16H2,1H3. The lowest BCUT2D eigenvalue weighted by atomic mass is 10.00. The van der Waals surface area contributed by atoms with Crippen LogP contribution < -0.4 is 4.74 Å². The highest BCUT2D eigenvalue weighted by atomic mass is 32.2. The number of para-hydroxylation sites is 1. The third-order valence-corrected chi connectivity index (χ3v) is 7.33. The molecule has 0 aliphatic carbocycles. The van der Waals surface area contributed by atoms with E-state index in [1.165, 1.54) is 0 Å². The van der Waals surface area contributed by atoms with Gasteiger partial charge in [-0.25, -0.2) is 12.7 Å². The molecule has 0 spiro atoms. The van der Waals surface area contributed by atoms with Gasteiger partial charge in [0.1, 0.15) is 12.4 Å². The Hall–Kier alpha value is -1.15. The first-order valence-corrected chi connectivity index (χ1v) is 11.1. The van der Waals surface area contributed by atoms with Crippen molar-refractivity contribution >= 4 is 10.0 Å². The molecule has 1 aromatic rings. The molecule has 0 N–H and O–H groups in total. The van der Waals surface area contributed by atoms with Gasteiger partial charge < -0.3 is 14.4 Å². The van der Waals surface area contributed by atoms with Crippen molar-refractivity contribution in [2.45, 2.75) is 37.8 Å². The van der Waals surface area contributed by atoms with Gasteiger partial charge in [0.2, 0.25) is 10.0 Å². The van der Waals surface area contributed by atoms with E-state index in [9.17, 15) is 8.42 Å². The molecule has 2 heterocycles. The van der Waals surface area contributed by atoms with Crippen LogP contribution in [0.25, 0.3) is 0 Å². The minimum absolute atomic E-state index is 0.0335. The third kappa shape index (κ3) is 5.19. The number of methoxy groups -OCH3 is 1. The summed E-state index contributed by atoms with van der Waals surface area (Å²) in [5, 5.41) is 0. The van der Waals surface area contributed by atoms with E-state index in [2.05, 4.69) is 4.90 Å². The maximum atomic E-state index is 12.6. The molecule has 0 aromatic heterocycles. The average Bonchev–Trinajstić information content (AvgIpc) is 2.69. The lowest BCUT2D eigenvalue weighted by Crippen LogP contribution is -2.50. The van der Waals surface area contributed by atoms with Crippen LogP contribution >= 0.6 is 0 Å². The number of sulfonamides is 1. The minimum Gasteiger partial charge on any atom is -0.492 e. The molecule has 2 aliphatic heterocycles. The smallest absolute Gasteiger partial charge is 0.217 e. The molecule has 26 heavy (non-hydrogen) atoms. The Kier molecular flexibility index (Phi) is 6.92. The van der Waals surface area contributed by atoms with E-state index in [1.54, 1.807) is 11.4 Å². The summed E-state index contributed by atoms with van der Waals surface area (Å²) in [5.74, 6) is 0.743. The third-order valence-electron chi connectivity index (χ3n) is 5.50. The molecule has 1 aromatic carbocycles. The number of benzene rings is 1. The summed E-state index contributed by atoms with van der Waals surface area (Å²) in [7, 11) is -1.47. The first-order chi connectivity index (χ1) is 12.6. The number of ether oxygens (including phenoxy) is 2. The van der Waals surface area contributed by atoms with Crippen LogP contribution in [0.2, 0.25) is 0 Å². The summed E-state index contributed by atoms with van der Waals surface area (Å²) in [5.41, 5.74) is 0. The summed E-state index contributed by atoms with van der Waals surface area (Å²) in [6.07, 6.45) is 4.36. The van der Waals surface area contributed by atoms with Gasteiger partial charge in [-0.05, 0) is 37.8 Å². The number of rotatable bonds is 7. The molecule has 0 atom stereocenters. The van der Waals surface area contributed by atoms with Gasteiger partial charge in [0.05, 0.1) is 11.9 Å². The fraction of sp³-hybridized carbons (Fsp3) is 0.684. The van der Waals surface area contributed by atoms with Gasteiger partial charge in [-0.15, -0.1) is 0 Å². The predicted octanol–water partition coefficient (Wildman–Crippen LogP) is 1.97. The fourth-order valence-corrected chi connectivity index (χ4v) is 5.19. The van der Waals surface area contributed by atoms with Crippen molar-refractivity contribution in [3.05, 3.63) is 30.3 Å². The van der Waals surface area contributed by atoms with Gasteiger partial charge in [-0.2, -0.15) is 0 Å². The largest absolute Gasteiger partial charge is 0.492 e. The molecule has 0 amide bonds. The van der Waals surface area contributed by atoms with Crippen molar-refractivity contribution in [2.24, 2.45) is 0 Å². The molecule has 2 aliphatic rings. The van der Waals surface area contributed by atoms with E-state index >= 15 is 0 Å². The quantitative estimate of drug-likeness (QED) is 0.722. The lowest BCUT2D eigenvalue weighted by Gasteiger charge is -2.41. The molecule has 146 valence electrons. The maximum Gasteiger partial charge on any atom is 0.217 e. The lowest BCUT2D eigenvalue weighted by molar-refractivity contribution is 0.0190. The van der Waals surface area contributed by atoms with Crippen LogP contribution in [-0.4, -0.2) is 75.4 Å². The zero-order chi connectivity index (χ0) is 18.4. The molecule has 7 heteroatoms. The number of hydrogen-bond donors (Lipinski definition) is 0.